The fourth-order valence-corrected chi connectivity index (χ4v) is 2.64. The van der Waals surface area contributed by atoms with Crippen molar-refractivity contribution in [2.75, 3.05) is 7.05 Å². The number of nitrogens with zero attached hydrogens (tertiary/aromatic N) is 1. The van der Waals surface area contributed by atoms with Gasteiger partial charge in [0.25, 0.3) is 5.91 Å². The SMILES string of the molecule is Cc1ccc(Br)c(C(=O)N(C)Cc2c(F)cccc2Cl)c1. The average molecular weight is 371 g/mol. The maximum absolute atomic E-state index is 13.8. The molecular formula is C16H14BrClFNO. The van der Waals surface area contributed by atoms with E-state index in [0.29, 0.717) is 20.6 Å². The van der Waals surface area contributed by atoms with Crippen molar-refractivity contribution in [3.8, 4) is 0 Å². The molecular weight excluding hydrogens is 357 g/mol. The van der Waals surface area contributed by atoms with Crippen LogP contribution < -0.4 is 0 Å². The van der Waals surface area contributed by atoms with Gasteiger partial charge in [-0.25, -0.2) is 4.39 Å². The van der Waals surface area contributed by atoms with Gasteiger partial charge in [0.15, 0.2) is 0 Å². The van der Waals surface area contributed by atoms with Gasteiger partial charge in [-0.1, -0.05) is 29.3 Å². The Hall–Kier alpha value is -1.39. The highest BCUT2D eigenvalue weighted by Crippen LogP contribution is 2.23. The minimum absolute atomic E-state index is 0.116. The van der Waals surface area contributed by atoms with Gasteiger partial charge in [0.05, 0.1) is 5.56 Å². The van der Waals surface area contributed by atoms with E-state index in [-0.39, 0.29) is 12.5 Å². The van der Waals surface area contributed by atoms with E-state index in [1.54, 1.807) is 25.2 Å². The first-order chi connectivity index (χ1) is 9.90. The summed E-state index contributed by atoms with van der Waals surface area (Å²) in [5.74, 6) is -0.602. The van der Waals surface area contributed by atoms with E-state index in [1.165, 1.54) is 11.0 Å². The van der Waals surface area contributed by atoms with Gasteiger partial charge >= 0.3 is 0 Å². The molecule has 1 amide bonds. The Balaban J connectivity index is 2.26. The fraction of sp³-hybridized carbons (Fsp3) is 0.188. The third kappa shape index (κ3) is 3.63. The Labute approximate surface area is 136 Å². The van der Waals surface area contributed by atoms with E-state index in [2.05, 4.69) is 15.9 Å². The Kier molecular flexibility index (Phi) is 5.01. The lowest BCUT2D eigenvalue weighted by Gasteiger charge is -2.19. The summed E-state index contributed by atoms with van der Waals surface area (Å²) in [5.41, 5.74) is 1.85. The molecule has 2 aromatic carbocycles. The van der Waals surface area contributed by atoms with Crippen LogP contribution >= 0.6 is 27.5 Å². The van der Waals surface area contributed by atoms with Crippen LogP contribution in [0.5, 0.6) is 0 Å². The van der Waals surface area contributed by atoms with Gasteiger partial charge in [-0.3, -0.25) is 4.79 Å². The number of amides is 1. The van der Waals surface area contributed by atoms with Crippen molar-refractivity contribution in [1.82, 2.24) is 4.90 Å². The molecule has 2 nitrogen and oxygen atoms in total. The van der Waals surface area contributed by atoms with Crippen LogP contribution in [0.4, 0.5) is 4.39 Å². The van der Waals surface area contributed by atoms with Crippen LogP contribution in [0.2, 0.25) is 5.02 Å². The summed E-state index contributed by atoms with van der Waals surface area (Å²) in [4.78, 5) is 13.9. The van der Waals surface area contributed by atoms with Crippen LogP contribution in [0, 0.1) is 12.7 Å². The van der Waals surface area contributed by atoms with Crippen molar-refractivity contribution in [1.29, 1.82) is 0 Å². The second kappa shape index (κ2) is 6.58. The number of rotatable bonds is 3. The summed E-state index contributed by atoms with van der Waals surface area (Å²) in [5, 5.41) is 0.318. The van der Waals surface area contributed by atoms with Crippen molar-refractivity contribution in [2.24, 2.45) is 0 Å². The maximum Gasteiger partial charge on any atom is 0.255 e. The molecule has 0 radical (unpaired) electrons. The molecule has 0 aliphatic heterocycles. The predicted octanol–water partition coefficient (Wildman–Crippen LogP) is 4.82. The molecule has 0 atom stereocenters. The third-order valence-corrected chi connectivity index (χ3v) is 4.20. The first-order valence-corrected chi connectivity index (χ1v) is 7.51. The van der Waals surface area contributed by atoms with Crippen LogP contribution in [-0.4, -0.2) is 17.9 Å². The van der Waals surface area contributed by atoms with Crippen LogP contribution in [0.1, 0.15) is 21.5 Å². The molecule has 0 spiro atoms. The normalized spacial score (nSPS) is 10.5. The molecule has 0 unspecified atom stereocenters. The summed E-state index contributed by atoms with van der Waals surface area (Å²) in [6.45, 7) is 2.03. The van der Waals surface area contributed by atoms with Gasteiger partial charge in [-0.05, 0) is 47.1 Å². The van der Waals surface area contributed by atoms with Gasteiger partial charge in [0.2, 0.25) is 0 Å². The van der Waals surface area contributed by atoms with Crippen LogP contribution in [0.15, 0.2) is 40.9 Å². The average Bonchev–Trinajstić information content (AvgIpc) is 2.44. The van der Waals surface area contributed by atoms with Gasteiger partial charge < -0.3 is 4.90 Å². The van der Waals surface area contributed by atoms with E-state index in [0.717, 1.165) is 5.56 Å². The molecule has 5 heteroatoms. The number of carbonyl (C=O) groups excluding carboxylic acids is 1. The molecule has 2 rings (SSSR count). The van der Waals surface area contributed by atoms with Gasteiger partial charge in [-0.2, -0.15) is 0 Å². The second-order valence-electron chi connectivity index (χ2n) is 4.84. The number of hydrogen-bond acceptors (Lipinski definition) is 1. The lowest BCUT2D eigenvalue weighted by atomic mass is 10.1. The van der Waals surface area contributed by atoms with Crippen molar-refractivity contribution < 1.29 is 9.18 Å². The second-order valence-corrected chi connectivity index (χ2v) is 6.11. The lowest BCUT2D eigenvalue weighted by Crippen LogP contribution is -2.27. The number of halogens is 3. The summed E-state index contributed by atoms with van der Waals surface area (Å²) >= 11 is 9.36. The highest BCUT2D eigenvalue weighted by Gasteiger charge is 2.18. The number of aryl methyl sites for hydroxylation is 1. The summed E-state index contributed by atoms with van der Waals surface area (Å²) in [6, 6.07) is 10.0. The molecule has 110 valence electrons. The lowest BCUT2D eigenvalue weighted by molar-refractivity contribution is 0.0783. The van der Waals surface area contributed by atoms with E-state index < -0.39 is 5.82 Å². The Morgan fingerprint density at radius 2 is 2.05 bits per heavy atom. The first-order valence-electron chi connectivity index (χ1n) is 6.34. The monoisotopic (exact) mass is 369 g/mol. The molecule has 0 aliphatic rings. The summed E-state index contributed by atoms with van der Waals surface area (Å²) in [6.07, 6.45) is 0. The molecule has 0 heterocycles. The van der Waals surface area contributed by atoms with E-state index >= 15 is 0 Å². The molecule has 0 aliphatic carbocycles. The third-order valence-electron chi connectivity index (χ3n) is 3.16. The first kappa shape index (κ1) is 16.0. The molecule has 0 saturated carbocycles. The van der Waals surface area contributed by atoms with E-state index in [9.17, 15) is 9.18 Å². The zero-order valence-corrected chi connectivity index (χ0v) is 14.0. The van der Waals surface area contributed by atoms with Gasteiger partial charge in [0.1, 0.15) is 5.82 Å². The zero-order valence-electron chi connectivity index (χ0n) is 11.7. The highest BCUT2D eigenvalue weighted by atomic mass is 79.9. The number of carbonyl (C=O) groups is 1. The zero-order chi connectivity index (χ0) is 15.6. The maximum atomic E-state index is 13.8. The fourth-order valence-electron chi connectivity index (χ4n) is 2.00. The number of benzene rings is 2. The van der Waals surface area contributed by atoms with Crippen LogP contribution in [-0.2, 0) is 6.54 Å². The van der Waals surface area contributed by atoms with E-state index in [4.69, 9.17) is 11.6 Å². The molecule has 0 aromatic heterocycles. The van der Waals surface area contributed by atoms with Crippen molar-refractivity contribution in [2.45, 2.75) is 13.5 Å². The highest BCUT2D eigenvalue weighted by molar-refractivity contribution is 9.10. The Morgan fingerprint density at radius 1 is 1.33 bits per heavy atom. The van der Waals surface area contributed by atoms with Gasteiger partial charge in [-0.15, -0.1) is 0 Å². The Morgan fingerprint density at radius 3 is 2.71 bits per heavy atom. The molecule has 0 bridgehead atoms. The summed E-state index contributed by atoms with van der Waals surface area (Å²) in [7, 11) is 1.62. The van der Waals surface area contributed by atoms with Gasteiger partial charge in [0, 0.05) is 28.7 Å². The van der Waals surface area contributed by atoms with Crippen LogP contribution in [0.3, 0.4) is 0 Å². The largest absolute Gasteiger partial charge is 0.337 e. The minimum Gasteiger partial charge on any atom is -0.337 e. The quantitative estimate of drug-likeness (QED) is 0.758. The summed E-state index contributed by atoms with van der Waals surface area (Å²) < 4.78 is 14.5. The topological polar surface area (TPSA) is 20.3 Å². The molecule has 2 aromatic rings. The number of hydrogen-bond donors (Lipinski definition) is 0. The minimum atomic E-state index is -0.412. The molecule has 0 fully saturated rings. The molecule has 0 saturated heterocycles. The molecule has 21 heavy (non-hydrogen) atoms. The van der Waals surface area contributed by atoms with Crippen molar-refractivity contribution in [3.63, 3.8) is 0 Å². The van der Waals surface area contributed by atoms with Crippen molar-refractivity contribution >= 4 is 33.4 Å². The Bertz CT molecular complexity index is 670. The molecule has 0 N–H and O–H groups in total. The van der Waals surface area contributed by atoms with Crippen molar-refractivity contribution in [3.05, 3.63) is 68.4 Å². The smallest absolute Gasteiger partial charge is 0.255 e. The standard InChI is InChI=1S/C16H14BrClFNO/c1-10-6-7-13(17)11(8-10)16(21)20(2)9-12-14(18)4-3-5-15(12)19/h3-8H,9H2,1-2H3. The van der Waals surface area contributed by atoms with Crippen LogP contribution in [0.25, 0.3) is 0 Å². The predicted molar refractivity (Wildman–Crippen MR) is 86.1 cm³/mol. The van der Waals surface area contributed by atoms with E-state index in [1.807, 2.05) is 19.1 Å².